The van der Waals surface area contributed by atoms with E-state index in [4.69, 9.17) is 21.1 Å². The standard InChI is InChI=1S/C28H34ClN3O4/c1-27(2,3)36-26(34)32-12-4-5-19-17-21(7-9-24(19)32)35-16-15-31-13-10-28(11-14-31)22-18-20(29)6-8-23(22)30-25(28)33/h6-9,17-18H,4-5,10-16H2,1-3H3,(H,30,33). The normalized spacial score (nSPS) is 19.0. The molecule has 1 saturated heterocycles. The Kier molecular flexibility index (Phi) is 6.64. The summed E-state index contributed by atoms with van der Waals surface area (Å²) in [5.41, 5.74) is 2.93. The van der Waals surface area contributed by atoms with E-state index in [1.165, 1.54) is 0 Å². The van der Waals surface area contributed by atoms with Gasteiger partial charge in [0.1, 0.15) is 18.0 Å². The van der Waals surface area contributed by atoms with Crippen LogP contribution in [0.5, 0.6) is 5.75 Å². The second-order valence-electron chi connectivity index (χ2n) is 10.9. The van der Waals surface area contributed by atoms with Gasteiger partial charge in [-0.25, -0.2) is 4.79 Å². The lowest BCUT2D eigenvalue weighted by molar-refractivity contribution is -0.122. The first-order chi connectivity index (χ1) is 17.1. The Hall–Kier alpha value is -2.77. The van der Waals surface area contributed by atoms with Crippen molar-refractivity contribution in [2.45, 2.75) is 57.5 Å². The number of carbonyl (C=O) groups is 2. The zero-order chi connectivity index (χ0) is 25.5. The summed E-state index contributed by atoms with van der Waals surface area (Å²) in [6.45, 7) is 9.32. The van der Waals surface area contributed by atoms with E-state index in [1.54, 1.807) is 4.90 Å². The minimum Gasteiger partial charge on any atom is -0.492 e. The lowest BCUT2D eigenvalue weighted by atomic mass is 9.73. The molecular weight excluding hydrogens is 478 g/mol. The number of likely N-dealkylation sites (tertiary alicyclic amines) is 1. The summed E-state index contributed by atoms with van der Waals surface area (Å²) in [5.74, 6) is 0.900. The molecule has 3 aliphatic heterocycles. The molecule has 36 heavy (non-hydrogen) atoms. The van der Waals surface area contributed by atoms with Gasteiger partial charge in [0, 0.05) is 23.8 Å². The van der Waals surface area contributed by atoms with Crippen molar-refractivity contribution < 1.29 is 19.1 Å². The van der Waals surface area contributed by atoms with Crippen LogP contribution >= 0.6 is 11.6 Å². The maximum atomic E-state index is 12.8. The number of hydrogen-bond donors (Lipinski definition) is 1. The molecule has 0 bridgehead atoms. The molecular formula is C28H34ClN3O4. The van der Waals surface area contributed by atoms with Crippen molar-refractivity contribution in [3.63, 3.8) is 0 Å². The largest absolute Gasteiger partial charge is 0.492 e. The Morgan fingerprint density at radius 1 is 1.11 bits per heavy atom. The summed E-state index contributed by atoms with van der Waals surface area (Å²) < 4.78 is 11.7. The molecule has 3 aliphatic rings. The van der Waals surface area contributed by atoms with Crippen molar-refractivity contribution in [2.24, 2.45) is 0 Å². The van der Waals surface area contributed by atoms with Gasteiger partial charge in [0.15, 0.2) is 0 Å². The van der Waals surface area contributed by atoms with Gasteiger partial charge in [-0.05, 0) is 107 Å². The number of carbonyl (C=O) groups excluding carboxylic acids is 2. The maximum absolute atomic E-state index is 12.8. The van der Waals surface area contributed by atoms with Crippen LogP contribution in [0, 0.1) is 0 Å². The van der Waals surface area contributed by atoms with Gasteiger partial charge < -0.3 is 14.8 Å². The van der Waals surface area contributed by atoms with Gasteiger partial charge in [-0.3, -0.25) is 14.6 Å². The maximum Gasteiger partial charge on any atom is 0.414 e. The summed E-state index contributed by atoms with van der Waals surface area (Å²) in [6.07, 6.45) is 3.04. The number of anilines is 2. The lowest BCUT2D eigenvalue weighted by Gasteiger charge is -2.38. The molecule has 0 radical (unpaired) electrons. The molecule has 2 amide bonds. The second-order valence-corrected chi connectivity index (χ2v) is 11.4. The van der Waals surface area contributed by atoms with E-state index in [1.807, 2.05) is 57.2 Å². The van der Waals surface area contributed by atoms with Gasteiger partial charge >= 0.3 is 6.09 Å². The van der Waals surface area contributed by atoms with E-state index in [0.717, 1.165) is 73.6 Å². The smallest absolute Gasteiger partial charge is 0.414 e. The topological polar surface area (TPSA) is 71.1 Å². The van der Waals surface area contributed by atoms with Crippen LogP contribution in [0.4, 0.5) is 16.2 Å². The van der Waals surface area contributed by atoms with E-state index in [0.29, 0.717) is 18.2 Å². The Labute approximate surface area is 217 Å². The van der Waals surface area contributed by atoms with Gasteiger partial charge in [-0.15, -0.1) is 0 Å². The van der Waals surface area contributed by atoms with Gasteiger partial charge in [0.25, 0.3) is 0 Å². The van der Waals surface area contributed by atoms with Crippen LogP contribution in [0.3, 0.4) is 0 Å². The number of benzene rings is 2. The Bertz CT molecular complexity index is 1170. The number of amides is 2. The Balaban J connectivity index is 1.16. The molecule has 0 atom stereocenters. The number of aryl methyl sites for hydroxylation is 1. The number of ether oxygens (including phenoxy) is 2. The van der Waals surface area contributed by atoms with Crippen molar-refractivity contribution >= 4 is 35.0 Å². The molecule has 1 spiro atoms. The van der Waals surface area contributed by atoms with E-state index in [9.17, 15) is 9.59 Å². The van der Waals surface area contributed by atoms with Crippen LogP contribution in [0.1, 0.15) is 51.2 Å². The molecule has 3 heterocycles. The fraction of sp³-hybridized carbons (Fsp3) is 0.500. The highest BCUT2D eigenvalue weighted by atomic mass is 35.5. The minimum atomic E-state index is -0.524. The third-order valence-corrected chi connectivity index (χ3v) is 7.58. The number of rotatable bonds is 4. The van der Waals surface area contributed by atoms with Crippen LogP contribution in [-0.2, 0) is 21.4 Å². The monoisotopic (exact) mass is 511 g/mol. The van der Waals surface area contributed by atoms with Crippen LogP contribution in [-0.4, -0.2) is 55.3 Å². The van der Waals surface area contributed by atoms with Crippen molar-refractivity contribution in [1.82, 2.24) is 4.90 Å². The fourth-order valence-corrected chi connectivity index (χ4v) is 5.68. The molecule has 1 fully saturated rings. The molecule has 1 N–H and O–H groups in total. The highest BCUT2D eigenvalue weighted by molar-refractivity contribution is 6.31. The molecule has 0 saturated carbocycles. The second kappa shape index (κ2) is 9.60. The first-order valence-electron chi connectivity index (χ1n) is 12.7. The van der Waals surface area contributed by atoms with Crippen LogP contribution in [0.25, 0.3) is 0 Å². The van der Waals surface area contributed by atoms with Crippen LogP contribution in [0.15, 0.2) is 36.4 Å². The van der Waals surface area contributed by atoms with Crippen molar-refractivity contribution in [1.29, 1.82) is 0 Å². The summed E-state index contributed by atoms with van der Waals surface area (Å²) in [6, 6.07) is 11.6. The summed E-state index contributed by atoms with van der Waals surface area (Å²) in [7, 11) is 0. The number of hydrogen-bond acceptors (Lipinski definition) is 5. The molecule has 0 unspecified atom stereocenters. The van der Waals surface area contributed by atoms with Crippen molar-refractivity contribution in [2.75, 3.05) is 43.0 Å². The van der Waals surface area contributed by atoms with Crippen LogP contribution in [0.2, 0.25) is 5.02 Å². The lowest BCUT2D eigenvalue weighted by Crippen LogP contribution is -2.47. The van der Waals surface area contributed by atoms with Crippen molar-refractivity contribution in [3.05, 3.63) is 52.5 Å². The predicted octanol–water partition coefficient (Wildman–Crippen LogP) is 5.39. The Morgan fingerprint density at radius 3 is 2.64 bits per heavy atom. The summed E-state index contributed by atoms with van der Waals surface area (Å²) >= 11 is 6.23. The molecule has 7 nitrogen and oxygen atoms in total. The Morgan fingerprint density at radius 2 is 1.89 bits per heavy atom. The zero-order valence-electron chi connectivity index (χ0n) is 21.2. The molecule has 2 aromatic carbocycles. The molecule has 0 aromatic heterocycles. The van der Waals surface area contributed by atoms with Crippen molar-refractivity contribution in [3.8, 4) is 5.75 Å². The first kappa shape index (κ1) is 24.9. The van der Waals surface area contributed by atoms with Gasteiger partial charge in [-0.2, -0.15) is 0 Å². The third kappa shape index (κ3) is 4.91. The predicted molar refractivity (Wildman–Crippen MR) is 141 cm³/mol. The number of halogens is 1. The summed E-state index contributed by atoms with van der Waals surface area (Å²) in [4.78, 5) is 29.6. The molecule has 5 rings (SSSR count). The van der Waals surface area contributed by atoms with Gasteiger partial charge in [-0.1, -0.05) is 11.6 Å². The third-order valence-electron chi connectivity index (χ3n) is 7.35. The SMILES string of the molecule is CC(C)(C)OC(=O)N1CCCc2cc(OCCN3CCC4(CC3)C(=O)Nc3ccc(Cl)cc34)ccc21. The average Bonchev–Trinajstić information content (AvgIpc) is 3.09. The molecule has 0 aliphatic carbocycles. The summed E-state index contributed by atoms with van der Waals surface area (Å²) in [5, 5.41) is 3.70. The number of nitrogens with zero attached hydrogens (tertiary/aromatic N) is 2. The molecule has 192 valence electrons. The quantitative estimate of drug-likeness (QED) is 0.595. The first-order valence-corrected chi connectivity index (χ1v) is 13.1. The number of nitrogens with one attached hydrogen (secondary N) is 1. The van der Waals surface area contributed by atoms with Gasteiger partial charge in [0.05, 0.1) is 11.1 Å². The minimum absolute atomic E-state index is 0.0881. The van der Waals surface area contributed by atoms with E-state index in [-0.39, 0.29) is 12.0 Å². The van der Waals surface area contributed by atoms with Crippen LogP contribution < -0.4 is 15.0 Å². The molecule has 2 aromatic rings. The van der Waals surface area contributed by atoms with E-state index in [2.05, 4.69) is 10.2 Å². The number of fused-ring (bicyclic) bond motifs is 3. The van der Waals surface area contributed by atoms with E-state index < -0.39 is 11.0 Å². The average molecular weight is 512 g/mol. The highest BCUT2D eigenvalue weighted by Crippen LogP contribution is 2.45. The molecule has 8 heteroatoms. The fourth-order valence-electron chi connectivity index (χ4n) is 5.50. The zero-order valence-corrected chi connectivity index (χ0v) is 22.0. The number of piperidine rings is 1. The highest BCUT2D eigenvalue weighted by Gasteiger charge is 2.48. The van der Waals surface area contributed by atoms with Gasteiger partial charge in [0.2, 0.25) is 5.91 Å². The van der Waals surface area contributed by atoms with E-state index >= 15 is 0 Å².